The standard InChI is InChI=1S/C19H18BrN3O3/c1-19(2,3)26-18(25)23-10-14(20)12-5-4-6-13(16(12)23)15-8-7-11(9-22-15)17(21)24/h4-10H,1-3H3,(H2,21,24). The van der Waals surface area contributed by atoms with E-state index in [0.717, 1.165) is 15.4 Å². The molecule has 0 spiro atoms. The lowest BCUT2D eigenvalue weighted by molar-refractivity contribution is 0.0544. The fourth-order valence-electron chi connectivity index (χ4n) is 2.60. The van der Waals surface area contributed by atoms with Gasteiger partial charge in [0.1, 0.15) is 5.60 Å². The first-order chi connectivity index (χ1) is 12.2. The third kappa shape index (κ3) is 3.48. The topological polar surface area (TPSA) is 87.2 Å². The maximum atomic E-state index is 12.7. The Morgan fingerprint density at radius 2 is 1.92 bits per heavy atom. The fraction of sp³-hybridized carbons (Fsp3) is 0.211. The van der Waals surface area contributed by atoms with Gasteiger partial charge in [0, 0.05) is 27.8 Å². The average Bonchev–Trinajstić information content (AvgIpc) is 2.91. The minimum atomic E-state index is -0.615. The Morgan fingerprint density at radius 1 is 1.19 bits per heavy atom. The van der Waals surface area contributed by atoms with E-state index in [1.165, 1.54) is 10.8 Å². The minimum absolute atomic E-state index is 0.324. The van der Waals surface area contributed by atoms with Gasteiger partial charge in [0.25, 0.3) is 0 Å². The molecule has 0 unspecified atom stereocenters. The van der Waals surface area contributed by atoms with Gasteiger partial charge in [-0.25, -0.2) is 4.79 Å². The van der Waals surface area contributed by atoms with E-state index in [2.05, 4.69) is 20.9 Å². The molecule has 0 bridgehead atoms. The zero-order chi connectivity index (χ0) is 19.1. The summed E-state index contributed by atoms with van der Waals surface area (Å²) < 4.78 is 7.74. The molecule has 3 rings (SSSR count). The predicted molar refractivity (Wildman–Crippen MR) is 103 cm³/mol. The van der Waals surface area contributed by atoms with Gasteiger partial charge in [-0.1, -0.05) is 18.2 Å². The molecule has 0 atom stereocenters. The number of carbonyl (C=O) groups is 2. The highest BCUT2D eigenvalue weighted by Gasteiger charge is 2.22. The molecule has 3 aromatic rings. The molecular formula is C19H18BrN3O3. The first-order valence-corrected chi connectivity index (χ1v) is 8.76. The molecule has 0 fully saturated rings. The van der Waals surface area contributed by atoms with Gasteiger partial charge in [-0.3, -0.25) is 14.3 Å². The monoisotopic (exact) mass is 415 g/mol. The predicted octanol–water partition coefficient (Wildman–Crippen LogP) is 4.35. The second kappa shape index (κ2) is 6.57. The molecule has 1 amide bonds. The number of amides is 1. The highest BCUT2D eigenvalue weighted by atomic mass is 79.9. The lowest BCUT2D eigenvalue weighted by atomic mass is 10.1. The zero-order valence-electron chi connectivity index (χ0n) is 14.6. The molecule has 0 radical (unpaired) electrons. The van der Waals surface area contributed by atoms with Crippen LogP contribution in [0.25, 0.3) is 22.2 Å². The van der Waals surface area contributed by atoms with Gasteiger partial charge >= 0.3 is 6.09 Å². The summed E-state index contributed by atoms with van der Waals surface area (Å²) >= 11 is 3.49. The number of carbonyl (C=O) groups excluding carboxylic acids is 2. The Kier molecular flexibility index (Phi) is 4.58. The van der Waals surface area contributed by atoms with Crippen LogP contribution < -0.4 is 5.73 Å². The van der Waals surface area contributed by atoms with Crippen LogP contribution in [0.5, 0.6) is 0 Å². The van der Waals surface area contributed by atoms with Crippen LogP contribution in [0.3, 0.4) is 0 Å². The summed E-state index contributed by atoms with van der Waals surface area (Å²) in [4.78, 5) is 28.2. The number of nitrogens with zero attached hydrogens (tertiary/aromatic N) is 2. The Hall–Kier alpha value is -2.67. The Labute approximate surface area is 159 Å². The van der Waals surface area contributed by atoms with E-state index in [1.54, 1.807) is 18.3 Å². The molecule has 6 nitrogen and oxygen atoms in total. The highest BCUT2D eigenvalue weighted by Crippen LogP contribution is 2.34. The number of fused-ring (bicyclic) bond motifs is 1. The Morgan fingerprint density at radius 3 is 2.50 bits per heavy atom. The van der Waals surface area contributed by atoms with E-state index in [-0.39, 0.29) is 0 Å². The lowest BCUT2D eigenvalue weighted by Crippen LogP contribution is -2.26. The van der Waals surface area contributed by atoms with Crippen molar-refractivity contribution in [1.29, 1.82) is 0 Å². The smallest absolute Gasteiger partial charge is 0.419 e. The number of primary amides is 1. The molecule has 0 aliphatic heterocycles. The number of hydrogen-bond donors (Lipinski definition) is 1. The summed E-state index contributed by atoms with van der Waals surface area (Å²) in [6.07, 6.45) is 2.63. The SMILES string of the molecule is CC(C)(C)OC(=O)n1cc(Br)c2cccc(-c3ccc(C(N)=O)cn3)c21. The molecular weight excluding hydrogens is 398 g/mol. The summed E-state index contributed by atoms with van der Waals surface area (Å²) in [5.74, 6) is -0.540. The molecule has 1 aromatic carbocycles. The normalized spacial score (nSPS) is 11.5. The third-order valence-corrected chi connectivity index (χ3v) is 4.32. The number of para-hydroxylation sites is 1. The van der Waals surface area contributed by atoms with Crippen LogP contribution >= 0.6 is 15.9 Å². The summed E-state index contributed by atoms with van der Waals surface area (Å²) in [5.41, 5.74) is 7.02. The molecule has 0 saturated heterocycles. The van der Waals surface area contributed by atoms with Crippen molar-refractivity contribution < 1.29 is 14.3 Å². The van der Waals surface area contributed by atoms with Crippen molar-refractivity contribution in [2.75, 3.05) is 0 Å². The average molecular weight is 416 g/mol. The number of aromatic nitrogens is 2. The maximum Gasteiger partial charge on any atom is 0.419 e. The first kappa shape index (κ1) is 18.1. The fourth-order valence-corrected chi connectivity index (χ4v) is 3.13. The van der Waals surface area contributed by atoms with Crippen molar-refractivity contribution in [3.63, 3.8) is 0 Å². The van der Waals surface area contributed by atoms with Crippen LogP contribution in [0.2, 0.25) is 0 Å². The van der Waals surface area contributed by atoms with Crippen molar-refractivity contribution in [3.8, 4) is 11.3 Å². The Balaban J connectivity index is 2.17. The second-order valence-corrected chi connectivity index (χ2v) is 7.68. The number of ether oxygens (including phenoxy) is 1. The summed E-state index contributed by atoms with van der Waals surface area (Å²) in [5, 5.41) is 0.856. The summed E-state index contributed by atoms with van der Waals surface area (Å²) in [6.45, 7) is 5.45. The van der Waals surface area contributed by atoms with Crippen LogP contribution in [0, 0.1) is 0 Å². The second-order valence-electron chi connectivity index (χ2n) is 6.83. The largest absolute Gasteiger partial charge is 0.443 e. The molecule has 7 heteroatoms. The van der Waals surface area contributed by atoms with Gasteiger partial charge in [0.05, 0.1) is 16.8 Å². The molecule has 2 N–H and O–H groups in total. The van der Waals surface area contributed by atoms with Gasteiger partial charge < -0.3 is 10.5 Å². The third-order valence-electron chi connectivity index (χ3n) is 3.69. The quantitative estimate of drug-likeness (QED) is 0.673. The molecule has 0 aliphatic carbocycles. The maximum absolute atomic E-state index is 12.7. The molecule has 0 saturated carbocycles. The van der Waals surface area contributed by atoms with Crippen molar-refractivity contribution >= 4 is 38.8 Å². The van der Waals surface area contributed by atoms with E-state index in [4.69, 9.17) is 10.5 Å². The Bertz CT molecular complexity index is 1000. The number of benzene rings is 1. The van der Waals surface area contributed by atoms with Crippen LogP contribution in [0.1, 0.15) is 31.1 Å². The summed E-state index contributed by atoms with van der Waals surface area (Å²) in [7, 11) is 0. The van der Waals surface area contributed by atoms with Gasteiger partial charge in [0.15, 0.2) is 0 Å². The van der Waals surface area contributed by atoms with Crippen molar-refractivity contribution in [1.82, 2.24) is 9.55 Å². The molecule has 0 aliphatic rings. The van der Waals surface area contributed by atoms with Gasteiger partial charge in [0.2, 0.25) is 5.91 Å². The van der Waals surface area contributed by atoms with E-state index in [9.17, 15) is 9.59 Å². The first-order valence-electron chi connectivity index (χ1n) is 7.96. The van der Waals surface area contributed by atoms with E-state index in [1.807, 2.05) is 39.0 Å². The van der Waals surface area contributed by atoms with Gasteiger partial charge in [-0.2, -0.15) is 0 Å². The van der Waals surface area contributed by atoms with Gasteiger partial charge in [-0.05, 0) is 48.8 Å². The van der Waals surface area contributed by atoms with E-state index in [0.29, 0.717) is 16.8 Å². The molecule has 134 valence electrons. The van der Waals surface area contributed by atoms with Crippen LogP contribution in [0.15, 0.2) is 47.2 Å². The number of pyridine rings is 1. The number of hydrogen-bond acceptors (Lipinski definition) is 4. The lowest BCUT2D eigenvalue weighted by Gasteiger charge is -2.20. The summed E-state index contributed by atoms with van der Waals surface area (Å²) in [6, 6.07) is 8.96. The number of rotatable bonds is 2. The van der Waals surface area contributed by atoms with Crippen molar-refractivity contribution in [2.45, 2.75) is 26.4 Å². The molecule has 2 aromatic heterocycles. The van der Waals surface area contributed by atoms with Crippen molar-refractivity contribution in [2.24, 2.45) is 5.73 Å². The number of nitrogens with two attached hydrogens (primary N) is 1. The van der Waals surface area contributed by atoms with Gasteiger partial charge in [-0.15, -0.1) is 0 Å². The van der Waals surface area contributed by atoms with Crippen LogP contribution in [0.4, 0.5) is 4.79 Å². The molecule has 26 heavy (non-hydrogen) atoms. The van der Waals surface area contributed by atoms with Crippen LogP contribution in [-0.2, 0) is 4.74 Å². The van der Waals surface area contributed by atoms with E-state index < -0.39 is 17.6 Å². The van der Waals surface area contributed by atoms with Crippen LogP contribution in [-0.4, -0.2) is 27.2 Å². The minimum Gasteiger partial charge on any atom is -0.443 e. The zero-order valence-corrected chi connectivity index (χ0v) is 16.2. The number of halogens is 1. The highest BCUT2D eigenvalue weighted by molar-refractivity contribution is 9.10. The van der Waals surface area contributed by atoms with Crippen molar-refractivity contribution in [3.05, 3.63) is 52.8 Å². The van der Waals surface area contributed by atoms with E-state index >= 15 is 0 Å². The molecule has 2 heterocycles.